The summed E-state index contributed by atoms with van der Waals surface area (Å²) in [6.45, 7) is 4.54. The third-order valence-electron chi connectivity index (χ3n) is 6.20. The third-order valence-corrected chi connectivity index (χ3v) is 6.43. The van der Waals surface area contributed by atoms with Crippen LogP contribution in [-0.4, -0.2) is 35.7 Å². The molecule has 3 aromatic rings. The van der Waals surface area contributed by atoms with Gasteiger partial charge in [-0.2, -0.15) is 0 Å². The zero-order valence-corrected chi connectivity index (χ0v) is 21.9. The van der Waals surface area contributed by atoms with Crippen molar-refractivity contribution >= 4 is 29.1 Å². The zero-order chi connectivity index (χ0) is 27.7. The zero-order valence-electron chi connectivity index (χ0n) is 21.2. The Morgan fingerprint density at radius 1 is 1.23 bits per heavy atom. The predicted molar refractivity (Wildman–Crippen MR) is 150 cm³/mol. The second kappa shape index (κ2) is 13.0. The SMILES string of the molecule is C=CC[C@@]1(C(=O)NCc2cccc(Cl)c2)N=C(c2ccc(OCCCO)cc2)O[C@@H]1c1ccccc1N=[N+]=[N-]. The fourth-order valence-corrected chi connectivity index (χ4v) is 4.56. The van der Waals surface area contributed by atoms with Gasteiger partial charge in [0, 0.05) is 52.7 Å². The number of aliphatic hydroxyl groups is 1. The highest BCUT2D eigenvalue weighted by Gasteiger charge is 2.52. The summed E-state index contributed by atoms with van der Waals surface area (Å²) in [5.41, 5.74) is 10.1. The number of rotatable bonds is 12. The summed E-state index contributed by atoms with van der Waals surface area (Å²) in [5, 5.41) is 16.3. The van der Waals surface area contributed by atoms with Crippen LogP contribution in [0, 0.1) is 0 Å². The predicted octanol–water partition coefficient (Wildman–Crippen LogP) is 6.19. The number of ether oxygens (including phenoxy) is 2. The molecule has 0 saturated heterocycles. The van der Waals surface area contributed by atoms with Gasteiger partial charge in [-0.1, -0.05) is 59.2 Å². The minimum atomic E-state index is -1.42. The number of amides is 1. The van der Waals surface area contributed by atoms with Gasteiger partial charge in [-0.3, -0.25) is 4.79 Å². The Morgan fingerprint density at radius 2 is 2.03 bits per heavy atom. The van der Waals surface area contributed by atoms with E-state index in [4.69, 9.17) is 36.7 Å². The lowest BCUT2D eigenvalue weighted by atomic mass is 9.83. The van der Waals surface area contributed by atoms with E-state index in [0.29, 0.717) is 40.6 Å². The van der Waals surface area contributed by atoms with E-state index in [2.05, 4.69) is 21.9 Å². The van der Waals surface area contributed by atoms with Crippen LogP contribution >= 0.6 is 11.6 Å². The number of azide groups is 1. The Morgan fingerprint density at radius 3 is 2.74 bits per heavy atom. The lowest BCUT2D eigenvalue weighted by Crippen LogP contribution is -2.47. The molecule has 0 unspecified atom stereocenters. The first kappa shape index (κ1) is 27.7. The minimum absolute atomic E-state index is 0.0478. The van der Waals surface area contributed by atoms with Gasteiger partial charge in [0.05, 0.1) is 6.61 Å². The van der Waals surface area contributed by atoms with Gasteiger partial charge in [0.2, 0.25) is 5.90 Å². The normalized spacial score (nSPS) is 17.9. The summed E-state index contributed by atoms with van der Waals surface area (Å²) in [5.74, 6) is 0.521. The number of halogens is 1. The second-order valence-corrected chi connectivity index (χ2v) is 9.28. The highest BCUT2D eigenvalue weighted by Crippen LogP contribution is 2.45. The number of nitrogens with one attached hydrogen (secondary N) is 1. The first-order valence-corrected chi connectivity index (χ1v) is 12.8. The molecular formula is C29H28ClN5O4. The largest absolute Gasteiger partial charge is 0.494 e. The molecule has 1 heterocycles. The van der Waals surface area contributed by atoms with Crippen molar-refractivity contribution < 1.29 is 19.4 Å². The molecule has 0 bridgehead atoms. The number of carbonyl (C=O) groups is 1. The molecule has 2 atom stereocenters. The molecule has 10 heteroatoms. The van der Waals surface area contributed by atoms with Crippen LogP contribution in [0.4, 0.5) is 5.69 Å². The lowest BCUT2D eigenvalue weighted by molar-refractivity contribution is -0.129. The number of carbonyl (C=O) groups excluding carboxylic acids is 1. The van der Waals surface area contributed by atoms with Crippen LogP contribution in [0.2, 0.25) is 5.02 Å². The Kier molecular flexibility index (Phi) is 9.22. The topological polar surface area (TPSA) is 129 Å². The van der Waals surface area contributed by atoms with Gasteiger partial charge in [-0.15, -0.1) is 6.58 Å². The maximum absolute atomic E-state index is 13.9. The Labute approximate surface area is 231 Å². The first-order chi connectivity index (χ1) is 19.0. The summed E-state index contributed by atoms with van der Waals surface area (Å²) in [6.07, 6.45) is 1.41. The number of hydrogen-bond donors (Lipinski definition) is 2. The van der Waals surface area contributed by atoms with Crippen LogP contribution < -0.4 is 10.1 Å². The van der Waals surface area contributed by atoms with Gasteiger partial charge in [0.25, 0.3) is 5.91 Å². The molecule has 0 aromatic heterocycles. The number of nitrogens with zero attached hydrogens (tertiary/aromatic N) is 4. The lowest BCUT2D eigenvalue weighted by Gasteiger charge is -2.30. The Bertz CT molecular complexity index is 1400. The molecule has 200 valence electrons. The van der Waals surface area contributed by atoms with Gasteiger partial charge in [-0.25, -0.2) is 4.99 Å². The van der Waals surface area contributed by atoms with Crippen molar-refractivity contribution in [1.29, 1.82) is 0 Å². The summed E-state index contributed by atoms with van der Waals surface area (Å²) in [7, 11) is 0. The molecule has 1 aliphatic rings. The molecule has 1 aliphatic heterocycles. The van der Waals surface area contributed by atoms with Crippen molar-refractivity contribution in [2.45, 2.75) is 31.0 Å². The molecule has 4 rings (SSSR count). The summed E-state index contributed by atoms with van der Waals surface area (Å²) >= 11 is 6.12. The second-order valence-electron chi connectivity index (χ2n) is 8.84. The van der Waals surface area contributed by atoms with Crippen LogP contribution in [0.25, 0.3) is 10.4 Å². The van der Waals surface area contributed by atoms with E-state index in [1.807, 2.05) is 12.1 Å². The van der Waals surface area contributed by atoms with Gasteiger partial charge in [-0.05, 0) is 47.5 Å². The Hall–Kier alpha value is -4.30. The highest BCUT2D eigenvalue weighted by atomic mass is 35.5. The number of hydrogen-bond acceptors (Lipinski definition) is 6. The van der Waals surface area contributed by atoms with Gasteiger partial charge in [0.15, 0.2) is 11.6 Å². The quantitative estimate of drug-likeness (QED) is 0.0923. The monoisotopic (exact) mass is 545 g/mol. The number of aliphatic hydroxyl groups excluding tert-OH is 1. The van der Waals surface area contributed by atoms with Crippen molar-refractivity contribution in [1.82, 2.24) is 5.32 Å². The summed E-state index contributed by atoms with van der Waals surface area (Å²) in [4.78, 5) is 21.7. The van der Waals surface area contributed by atoms with Crippen molar-refractivity contribution in [3.63, 3.8) is 0 Å². The van der Waals surface area contributed by atoms with E-state index in [1.165, 1.54) is 0 Å². The maximum Gasteiger partial charge on any atom is 0.252 e. The Balaban J connectivity index is 1.72. The third kappa shape index (κ3) is 6.41. The molecule has 2 N–H and O–H groups in total. The molecule has 9 nitrogen and oxygen atoms in total. The van der Waals surface area contributed by atoms with Crippen LogP contribution in [0.3, 0.4) is 0 Å². The van der Waals surface area contributed by atoms with E-state index in [0.717, 1.165) is 5.56 Å². The smallest absolute Gasteiger partial charge is 0.252 e. The van der Waals surface area contributed by atoms with Crippen LogP contribution in [-0.2, 0) is 16.1 Å². The van der Waals surface area contributed by atoms with E-state index in [1.54, 1.807) is 66.7 Å². The van der Waals surface area contributed by atoms with E-state index in [9.17, 15) is 4.79 Å². The summed E-state index contributed by atoms with van der Waals surface area (Å²) in [6, 6.07) is 21.3. The van der Waals surface area contributed by atoms with Gasteiger partial charge in [0.1, 0.15) is 5.75 Å². The number of benzene rings is 3. The standard InChI is InChI=1S/C29H28ClN5O4/c1-2-15-29(28(37)32-19-20-7-5-8-22(30)18-20)26(24-9-3-4-10-25(24)34-35-31)39-27(33-29)21-11-13-23(14-12-21)38-17-6-16-36/h2-5,7-14,18,26,36H,1,6,15-17,19H2,(H,32,37)/t26-,29-/m1/s1. The first-order valence-electron chi connectivity index (χ1n) is 12.4. The van der Waals surface area contributed by atoms with Crippen molar-refractivity contribution in [3.05, 3.63) is 118 Å². The molecule has 0 fully saturated rings. The van der Waals surface area contributed by atoms with E-state index >= 15 is 0 Å². The minimum Gasteiger partial charge on any atom is -0.494 e. The number of aliphatic imine (C=N–C) groups is 1. The van der Waals surface area contributed by atoms with Crippen LogP contribution in [0.15, 0.2) is 95.6 Å². The maximum atomic E-state index is 13.9. The van der Waals surface area contributed by atoms with Crippen LogP contribution in [0.5, 0.6) is 5.75 Å². The molecule has 39 heavy (non-hydrogen) atoms. The van der Waals surface area contributed by atoms with Crippen molar-refractivity contribution in [2.75, 3.05) is 13.2 Å². The van der Waals surface area contributed by atoms with Gasteiger partial charge >= 0.3 is 0 Å². The van der Waals surface area contributed by atoms with Gasteiger partial charge < -0.3 is 19.9 Å². The average Bonchev–Trinajstić information content (AvgIpc) is 3.33. The van der Waals surface area contributed by atoms with E-state index in [-0.39, 0.29) is 31.4 Å². The molecule has 0 aliphatic carbocycles. The molecule has 0 saturated carbocycles. The van der Waals surface area contributed by atoms with Crippen molar-refractivity contribution in [2.24, 2.45) is 10.1 Å². The van der Waals surface area contributed by atoms with Crippen molar-refractivity contribution in [3.8, 4) is 5.75 Å². The summed E-state index contributed by atoms with van der Waals surface area (Å²) < 4.78 is 12.0. The molecule has 3 aromatic carbocycles. The van der Waals surface area contributed by atoms with Crippen LogP contribution in [0.1, 0.15) is 35.6 Å². The molecule has 1 amide bonds. The fraction of sp³-hybridized carbons (Fsp3) is 0.241. The molecule has 0 radical (unpaired) electrons. The fourth-order valence-electron chi connectivity index (χ4n) is 4.34. The van der Waals surface area contributed by atoms with E-state index < -0.39 is 11.6 Å². The highest BCUT2D eigenvalue weighted by molar-refractivity contribution is 6.30. The molecule has 0 spiro atoms. The molecular weight excluding hydrogens is 518 g/mol. The average molecular weight is 546 g/mol.